The maximum Gasteiger partial charge on any atom is 0.305 e. The summed E-state index contributed by atoms with van der Waals surface area (Å²) in [6, 6.07) is 0.903. The van der Waals surface area contributed by atoms with E-state index in [4.69, 9.17) is 10.3 Å². The van der Waals surface area contributed by atoms with E-state index in [1.54, 1.807) is 0 Å². The number of benzene rings is 1. The Morgan fingerprint density at radius 3 is 2.62 bits per heavy atom. The fraction of sp³-hybridized carbons (Fsp3) is 0.333. The van der Waals surface area contributed by atoms with Gasteiger partial charge < -0.3 is 10.3 Å². The van der Waals surface area contributed by atoms with E-state index in [0.717, 1.165) is 12.1 Å². The first-order chi connectivity index (χ1) is 9.82. The number of nitrogens with zero attached hydrogens (tertiary/aromatic N) is 3. The fourth-order valence-electron chi connectivity index (χ4n) is 1.64. The molecule has 21 heavy (non-hydrogen) atoms. The molecule has 2 rings (SSSR count). The van der Waals surface area contributed by atoms with Gasteiger partial charge in [0.05, 0.1) is 11.0 Å². The zero-order chi connectivity index (χ0) is 15.7. The van der Waals surface area contributed by atoms with Crippen LogP contribution in [0.1, 0.15) is 25.8 Å². The van der Waals surface area contributed by atoms with Gasteiger partial charge in [0.25, 0.3) is 0 Å². The van der Waals surface area contributed by atoms with Crippen LogP contribution in [0, 0.1) is 27.7 Å². The zero-order valence-corrected chi connectivity index (χ0v) is 11.2. The first kappa shape index (κ1) is 15.0. The van der Waals surface area contributed by atoms with Crippen molar-refractivity contribution in [1.82, 2.24) is 10.1 Å². The van der Waals surface area contributed by atoms with Crippen LogP contribution in [0.5, 0.6) is 0 Å². The molecule has 0 unspecified atom stereocenters. The average molecular weight is 298 g/mol. The Labute approximate surface area is 117 Å². The highest BCUT2D eigenvalue weighted by molar-refractivity contribution is 5.61. The predicted octanol–water partition coefficient (Wildman–Crippen LogP) is 2.58. The summed E-state index contributed by atoms with van der Waals surface area (Å²) in [7, 11) is 0. The molecule has 0 aliphatic carbocycles. The Bertz CT molecular complexity index is 687. The third kappa shape index (κ3) is 2.72. The number of nitrogens with two attached hydrogens (primary N) is 1. The summed E-state index contributed by atoms with van der Waals surface area (Å²) in [5, 5.41) is 14.1. The van der Waals surface area contributed by atoms with Gasteiger partial charge >= 0.3 is 5.69 Å². The molecule has 1 aromatic carbocycles. The Hall–Kier alpha value is -2.42. The predicted molar refractivity (Wildman–Crippen MR) is 68.1 cm³/mol. The van der Waals surface area contributed by atoms with Crippen molar-refractivity contribution < 1.29 is 18.2 Å². The lowest BCUT2D eigenvalue weighted by molar-refractivity contribution is -0.387. The van der Waals surface area contributed by atoms with Crippen molar-refractivity contribution in [3.63, 3.8) is 0 Å². The third-order valence-corrected chi connectivity index (χ3v) is 2.94. The summed E-state index contributed by atoms with van der Waals surface area (Å²) in [6.07, 6.45) is 0. The molecule has 0 saturated carbocycles. The topological polar surface area (TPSA) is 108 Å². The quantitative estimate of drug-likeness (QED) is 0.686. The van der Waals surface area contributed by atoms with Crippen LogP contribution < -0.4 is 5.73 Å². The standard InChI is InChI=1S/C12H12F2N4O3/c1-5(2)10(15)12-16-11(17-21-12)8-6(13)3-4-7(9(8)14)18(19)20/h3-5,10H,15H2,1-2H3/t10-/m0/s1. The second kappa shape index (κ2) is 5.52. The van der Waals surface area contributed by atoms with E-state index in [1.807, 2.05) is 13.8 Å². The smallest absolute Gasteiger partial charge is 0.305 e. The molecule has 9 heteroatoms. The Balaban J connectivity index is 2.52. The van der Waals surface area contributed by atoms with E-state index < -0.39 is 39.7 Å². The first-order valence-electron chi connectivity index (χ1n) is 6.04. The van der Waals surface area contributed by atoms with Crippen molar-refractivity contribution in [3.05, 3.63) is 39.8 Å². The molecular weight excluding hydrogens is 286 g/mol. The second-order valence-electron chi connectivity index (χ2n) is 4.74. The van der Waals surface area contributed by atoms with Crippen molar-refractivity contribution in [1.29, 1.82) is 0 Å². The summed E-state index contributed by atoms with van der Waals surface area (Å²) in [4.78, 5) is 13.5. The highest BCUT2D eigenvalue weighted by atomic mass is 19.1. The van der Waals surface area contributed by atoms with Crippen LogP contribution in [0.4, 0.5) is 14.5 Å². The van der Waals surface area contributed by atoms with Gasteiger partial charge in [0.2, 0.25) is 17.5 Å². The van der Waals surface area contributed by atoms with Crippen LogP contribution in [-0.2, 0) is 0 Å². The monoisotopic (exact) mass is 298 g/mol. The van der Waals surface area contributed by atoms with Gasteiger partial charge in [-0.1, -0.05) is 19.0 Å². The van der Waals surface area contributed by atoms with Crippen LogP contribution in [0.25, 0.3) is 11.4 Å². The normalized spacial score (nSPS) is 12.7. The molecule has 1 aromatic heterocycles. The molecule has 1 heterocycles. The van der Waals surface area contributed by atoms with E-state index >= 15 is 0 Å². The van der Waals surface area contributed by atoms with Crippen molar-refractivity contribution in [2.45, 2.75) is 19.9 Å². The van der Waals surface area contributed by atoms with E-state index in [0.29, 0.717) is 0 Å². The van der Waals surface area contributed by atoms with Crippen molar-refractivity contribution in [2.75, 3.05) is 0 Å². The largest absolute Gasteiger partial charge is 0.337 e. The molecule has 0 aliphatic heterocycles. The van der Waals surface area contributed by atoms with Gasteiger partial charge in [-0.25, -0.2) is 4.39 Å². The summed E-state index contributed by atoms with van der Waals surface area (Å²) in [6.45, 7) is 3.62. The lowest BCUT2D eigenvalue weighted by Crippen LogP contribution is -2.16. The molecule has 2 aromatic rings. The van der Waals surface area contributed by atoms with Crippen molar-refractivity contribution in [2.24, 2.45) is 11.7 Å². The summed E-state index contributed by atoms with van der Waals surface area (Å²) in [5.41, 5.74) is 4.21. The van der Waals surface area contributed by atoms with Crippen molar-refractivity contribution in [3.8, 4) is 11.4 Å². The minimum absolute atomic E-state index is 0.00491. The zero-order valence-electron chi connectivity index (χ0n) is 11.2. The van der Waals surface area contributed by atoms with Crippen LogP contribution in [-0.4, -0.2) is 15.1 Å². The Morgan fingerprint density at radius 2 is 2.05 bits per heavy atom. The molecule has 0 fully saturated rings. The number of nitro groups is 1. The van der Waals surface area contributed by atoms with E-state index in [2.05, 4.69) is 10.1 Å². The van der Waals surface area contributed by atoms with Crippen molar-refractivity contribution >= 4 is 5.69 Å². The highest BCUT2D eigenvalue weighted by Crippen LogP contribution is 2.30. The van der Waals surface area contributed by atoms with Crippen LogP contribution in [0.2, 0.25) is 0 Å². The molecule has 1 atom stereocenters. The summed E-state index contributed by atoms with van der Waals surface area (Å²) >= 11 is 0. The average Bonchev–Trinajstić information content (AvgIpc) is 2.86. The van der Waals surface area contributed by atoms with E-state index in [-0.39, 0.29) is 11.8 Å². The van der Waals surface area contributed by atoms with Crippen LogP contribution in [0.3, 0.4) is 0 Å². The first-order valence-corrected chi connectivity index (χ1v) is 6.04. The van der Waals surface area contributed by atoms with E-state index in [1.165, 1.54) is 0 Å². The van der Waals surface area contributed by atoms with E-state index in [9.17, 15) is 18.9 Å². The lowest BCUT2D eigenvalue weighted by Gasteiger charge is -2.09. The number of hydrogen-bond acceptors (Lipinski definition) is 6. The summed E-state index contributed by atoms with van der Waals surface area (Å²) < 4.78 is 32.6. The minimum atomic E-state index is -1.36. The van der Waals surface area contributed by atoms with Gasteiger partial charge in [-0.15, -0.1) is 0 Å². The molecule has 0 aliphatic rings. The van der Waals surface area contributed by atoms with Crippen LogP contribution >= 0.6 is 0 Å². The highest BCUT2D eigenvalue weighted by Gasteiger charge is 2.27. The van der Waals surface area contributed by atoms with Gasteiger partial charge in [-0.05, 0) is 12.0 Å². The molecule has 0 radical (unpaired) electrons. The van der Waals surface area contributed by atoms with Gasteiger partial charge in [0, 0.05) is 6.07 Å². The number of hydrogen-bond donors (Lipinski definition) is 1. The molecule has 0 saturated heterocycles. The minimum Gasteiger partial charge on any atom is -0.337 e. The molecule has 0 bridgehead atoms. The van der Waals surface area contributed by atoms with Crippen LogP contribution in [0.15, 0.2) is 16.7 Å². The van der Waals surface area contributed by atoms with Gasteiger partial charge in [0.1, 0.15) is 11.4 Å². The number of aromatic nitrogens is 2. The fourth-order valence-corrected chi connectivity index (χ4v) is 1.64. The molecule has 2 N–H and O–H groups in total. The number of halogens is 2. The molecule has 112 valence electrons. The number of rotatable bonds is 4. The summed E-state index contributed by atoms with van der Waals surface area (Å²) in [5.74, 6) is -2.82. The molecule has 0 amide bonds. The molecule has 0 spiro atoms. The number of nitro benzene ring substituents is 1. The lowest BCUT2D eigenvalue weighted by atomic mass is 10.1. The Kier molecular flexibility index (Phi) is 3.94. The van der Waals surface area contributed by atoms with Gasteiger partial charge in [0.15, 0.2) is 0 Å². The maximum absolute atomic E-state index is 14.0. The molecule has 7 nitrogen and oxygen atoms in total. The second-order valence-corrected chi connectivity index (χ2v) is 4.74. The Morgan fingerprint density at radius 1 is 1.38 bits per heavy atom. The molecular formula is C12H12F2N4O3. The van der Waals surface area contributed by atoms with Gasteiger partial charge in [-0.3, -0.25) is 10.1 Å². The maximum atomic E-state index is 14.0. The third-order valence-electron chi connectivity index (χ3n) is 2.94. The van der Waals surface area contributed by atoms with Gasteiger partial charge in [-0.2, -0.15) is 9.37 Å². The SMILES string of the molecule is CC(C)[C@H](N)c1nc(-c2c(F)ccc([N+](=O)[O-])c2F)no1.